The summed E-state index contributed by atoms with van der Waals surface area (Å²) < 4.78 is 0. The Kier molecular flexibility index (Phi) is 4.02. The van der Waals surface area contributed by atoms with Crippen molar-refractivity contribution in [2.75, 3.05) is 0 Å². The highest BCUT2D eigenvalue weighted by atomic mass is 15.1. The minimum atomic E-state index is 0.341. The Balaban J connectivity index is 2.11. The van der Waals surface area contributed by atoms with Crippen LogP contribution in [0, 0.1) is 0 Å². The van der Waals surface area contributed by atoms with E-state index in [1.807, 2.05) is 0 Å². The van der Waals surface area contributed by atoms with Crippen LogP contribution in [0.4, 0.5) is 0 Å². The minimum Gasteiger partial charge on any atom is -0.299 e. The molecule has 0 saturated heterocycles. The van der Waals surface area contributed by atoms with Gasteiger partial charge in [0.2, 0.25) is 0 Å². The van der Waals surface area contributed by atoms with Crippen molar-refractivity contribution in [3.63, 3.8) is 0 Å². The molecule has 1 radical (unpaired) electrons. The van der Waals surface area contributed by atoms with Gasteiger partial charge in [-0.15, -0.1) is 0 Å². The first-order chi connectivity index (χ1) is 5.68. The summed E-state index contributed by atoms with van der Waals surface area (Å²) in [5.74, 6) is 0. The van der Waals surface area contributed by atoms with Gasteiger partial charge in [-0.25, -0.2) is 5.32 Å². The van der Waals surface area contributed by atoms with Gasteiger partial charge in [0.05, 0.1) is 6.17 Å². The molecule has 2 heteroatoms. The van der Waals surface area contributed by atoms with E-state index in [4.69, 9.17) is 5.32 Å². The first-order valence-electron chi connectivity index (χ1n) is 5.14. The van der Waals surface area contributed by atoms with E-state index in [-0.39, 0.29) is 0 Å². The van der Waals surface area contributed by atoms with Crippen molar-refractivity contribution in [2.45, 2.75) is 64.7 Å². The summed E-state index contributed by atoms with van der Waals surface area (Å²) in [5.41, 5.74) is 0. The van der Waals surface area contributed by atoms with Crippen LogP contribution in [0.25, 0.3) is 0 Å². The average molecular weight is 169 g/mol. The number of nitrogens with one attached hydrogen (secondary N) is 1. The maximum Gasteiger partial charge on any atom is 0.0712 e. The Bertz CT molecular complexity index is 117. The highest BCUT2D eigenvalue weighted by Gasteiger charge is 2.17. The van der Waals surface area contributed by atoms with Crippen molar-refractivity contribution in [1.29, 1.82) is 0 Å². The smallest absolute Gasteiger partial charge is 0.0712 e. The van der Waals surface area contributed by atoms with Crippen molar-refractivity contribution < 1.29 is 0 Å². The summed E-state index contributed by atoms with van der Waals surface area (Å²) >= 11 is 0. The van der Waals surface area contributed by atoms with E-state index in [2.05, 4.69) is 26.1 Å². The molecule has 0 bridgehead atoms. The highest BCUT2D eigenvalue weighted by Crippen LogP contribution is 2.18. The SMILES string of the molecule is CC(C)NC(C)[N]C1CCCC1. The lowest BCUT2D eigenvalue weighted by atomic mass is 10.2. The molecule has 0 amide bonds. The topological polar surface area (TPSA) is 26.1 Å². The molecule has 0 spiro atoms. The zero-order valence-corrected chi connectivity index (χ0v) is 8.51. The molecular formula is C10H21N2. The molecule has 1 rings (SSSR count). The molecule has 1 aliphatic rings. The number of rotatable bonds is 4. The van der Waals surface area contributed by atoms with E-state index in [1.165, 1.54) is 25.7 Å². The van der Waals surface area contributed by atoms with Gasteiger partial charge >= 0.3 is 0 Å². The monoisotopic (exact) mass is 169 g/mol. The first kappa shape index (κ1) is 10.0. The molecule has 1 unspecified atom stereocenters. The predicted molar refractivity (Wildman–Crippen MR) is 52.1 cm³/mol. The molecule has 71 valence electrons. The summed E-state index contributed by atoms with van der Waals surface area (Å²) in [5, 5.41) is 8.11. The lowest BCUT2D eigenvalue weighted by molar-refractivity contribution is 0.361. The van der Waals surface area contributed by atoms with Gasteiger partial charge in [-0.3, -0.25) is 5.32 Å². The van der Waals surface area contributed by atoms with Crippen LogP contribution in [0.15, 0.2) is 0 Å². The fraction of sp³-hybridized carbons (Fsp3) is 1.00. The quantitative estimate of drug-likeness (QED) is 0.683. The van der Waals surface area contributed by atoms with Gasteiger partial charge < -0.3 is 0 Å². The molecule has 1 fully saturated rings. The van der Waals surface area contributed by atoms with Crippen molar-refractivity contribution >= 4 is 0 Å². The lowest BCUT2D eigenvalue weighted by Crippen LogP contribution is -2.42. The molecule has 1 atom stereocenters. The van der Waals surface area contributed by atoms with E-state index in [0.717, 1.165) is 0 Å². The zero-order valence-electron chi connectivity index (χ0n) is 8.51. The summed E-state index contributed by atoms with van der Waals surface area (Å²) in [6.45, 7) is 6.49. The molecule has 0 aromatic heterocycles. The molecule has 1 aliphatic carbocycles. The second-order valence-corrected chi connectivity index (χ2v) is 4.08. The third-order valence-electron chi connectivity index (χ3n) is 2.33. The van der Waals surface area contributed by atoms with Crippen LogP contribution in [-0.2, 0) is 0 Å². The van der Waals surface area contributed by atoms with Crippen LogP contribution in [0.5, 0.6) is 0 Å². The van der Waals surface area contributed by atoms with Crippen LogP contribution in [0.2, 0.25) is 0 Å². The van der Waals surface area contributed by atoms with Crippen molar-refractivity contribution in [1.82, 2.24) is 10.6 Å². The standard InChI is InChI=1S/C10H21N2/c1-8(2)11-9(3)12-10-6-4-5-7-10/h8-11H,4-7H2,1-3H3. The van der Waals surface area contributed by atoms with Crippen LogP contribution in [0.3, 0.4) is 0 Å². The molecule has 0 aromatic rings. The molecule has 0 aliphatic heterocycles. The maximum absolute atomic E-state index is 4.70. The summed E-state index contributed by atoms with van der Waals surface area (Å²) in [4.78, 5) is 0. The van der Waals surface area contributed by atoms with Crippen LogP contribution < -0.4 is 10.6 Å². The van der Waals surface area contributed by atoms with Gasteiger partial charge in [0.1, 0.15) is 0 Å². The number of hydrogen-bond acceptors (Lipinski definition) is 1. The van der Waals surface area contributed by atoms with Crippen LogP contribution in [-0.4, -0.2) is 18.2 Å². The Morgan fingerprint density at radius 2 is 1.75 bits per heavy atom. The summed E-state index contributed by atoms with van der Waals surface area (Å²) in [7, 11) is 0. The first-order valence-corrected chi connectivity index (χ1v) is 5.14. The second-order valence-electron chi connectivity index (χ2n) is 4.08. The van der Waals surface area contributed by atoms with E-state index in [1.54, 1.807) is 0 Å². The van der Waals surface area contributed by atoms with Crippen molar-refractivity contribution in [3.8, 4) is 0 Å². The molecule has 2 nitrogen and oxygen atoms in total. The van der Waals surface area contributed by atoms with E-state index in [0.29, 0.717) is 18.2 Å². The predicted octanol–water partition coefficient (Wildman–Crippen LogP) is 1.88. The van der Waals surface area contributed by atoms with Crippen molar-refractivity contribution in [2.24, 2.45) is 0 Å². The average Bonchev–Trinajstić information content (AvgIpc) is 2.37. The Morgan fingerprint density at radius 3 is 2.25 bits per heavy atom. The van der Waals surface area contributed by atoms with Gasteiger partial charge in [-0.2, -0.15) is 0 Å². The van der Waals surface area contributed by atoms with Gasteiger partial charge in [0.15, 0.2) is 0 Å². The molecule has 1 saturated carbocycles. The highest BCUT2D eigenvalue weighted by molar-refractivity contribution is 4.75. The molecule has 12 heavy (non-hydrogen) atoms. The Morgan fingerprint density at radius 1 is 1.17 bits per heavy atom. The molecule has 0 heterocycles. The largest absolute Gasteiger partial charge is 0.299 e. The Hall–Kier alpha value is -0.0800. The van der Waals surface area contributed by atoms with Crippen molar-refractivity contribution in [3.05, 3.63) is 0 Å². The van der Waals surface area contributed by atoms with Gasteiger partial charge in [-0.1, -0.05) is 12.8 Å². The van der Waals surface area contributed by atoms with E-state index < -0.39 is 0 Å². The second kappa shape index (κ2) is 4.83. The summed E-state index contributed by atoms with van der Waals surface area (Å²) in [6, 6.07) is 1.19. The van der Waals surface area contributed by atoms with Crippen LogP contribution >= 0.6 is 0 Å². The zero-order chi connectivity index (χ0) is 8.97. The van der Waals surface area contributed by atoms with E-state index >= 15 is 0 Å². The van der Waals surface area contributed by atoms with Gasteiger partial charge in [0.25, 0.3) is 0 Å². The Labute approximate surface area is 76.1 Å². The minimum absolute atomic E-state index is 0.341. The van der Waals surface area contributed by atoms with Crippen LogP contribution in [0.1, 0.15) is 46.5 Å². The van der Waals surface area contributed by atoms with Gasteiger partial charge in [-0.05, 0) is 33.6 Å². The number of hydrogen-bond donors (Lipinski definition) is 1. The third-order valence-corrected chi connectivity index (χ3v) is 2.33. The molecular weight excluding hydrogens is 148 g/mol. The fourth-order valence-electron chi connectivity index (χ4n) is 1.89. The van der Waals surface area contributed by atoms with Gasteiger partial charge in [0, 0.05) is 12.1 Å². The molecule has 0 aromatic carbocycles. The van der Waals surface area contributed by atoms with E-state index in [9.17, 15) is 0 Å². The summed E-state index contributed by atoms with van der Waals surface area (Å²) in [6.07, 6.45) is 5.72. The fourth-order valence-corrected chi connectivity index (χ4v) is 1.89. The number of nitrogens with zero attached hydrogens (tertiary/aromatic N) is 1. The lowest BCUT2D eigenvalue weighted by Gasteiger charge is -2.20. The third kappa shape index (κ3) is 3.55. The molecule has 1 N–H and O–H groups in total. The normalized spacial score (nSPS) is 22.0. The maximum atomic E-state index is 4.70.